The van der Waals surface area contributed by atoms with Crippen LogP contribution in [0.3, 0.4) is 0 Å². The molecule has 0 fully saturated rings. The first kappa shape index (κ1) is 16.7. The molecule has 1 aromatic heterocycles. The van der Waals surface area contributed by atoms with Crippen LogP contribution in [-0.4, -0.2) is 17.6 Å². The molecule has 4 nitrogen and oxygen atoms in total. The Morgan fingerprint density at radius 1 is 1.21 bits per heavy atom. The third kappa shape index (κ3) is 3.52. The minimum atomic E-state index is -0.939. The molecule has 0 saturated heterocycles. The van der Waals surface area contributed by atoms with Crippen LogP contribution in [0.25, 0.3) is 11.0 Å². The first-order valence-electron chi connectivity index (χ1n) is 7.80. The molecule has 5 heteroatoms. The highest BCUT2D eigenvalue weighted by Gasteiger charge is 2.13. The van der Waals surface area contributed by atoms with E-state index in [1.165, 1.54) is 0 Å². The molecule has 0 saturated carbocycles. The third-order valence-corrected chi connectivity index (χ3v) is 4.98. The van der Waals surface area contributed by atoms with E-state index >= 15 is 0 Å². The Morgan fingerprint density at radius 3 is 2.62 bits per heavy atom. The molecule has 0 amide bonds. The van der Waals surface area contributed by atoms with Crippen molar-refractivity contribution in [2.75, 3.05) is 13.4 Å². The predicted molar refractivity (Wildman–Crippen MR) is 96.8 cm³/mol. The third-order valence-electron chi connectivity index (χ3n) is 4.04. The highest BCUT2D eigenvalue weighted by atomic mass is 32.2. The van der Waals surface area contributed by atoms with Crippen LogP contribution in [0.5, 0.6) is 5.75 Å². The number of nitrogens with one attached hydrogen (secondary N) is 1. The summed E-state index contributed by atoms with van der Waals surface area (Å²) in [6, 6.07) is 15.8. The van der Waals surface area contributed by atoms with Gasteiger partial charge in [-0.2, -0.15) is 0 Å². The summed E-state index contributed by atoms with van der Waals surface area (Å²) in [6.45, 7) is 2.78. The Kier molecular flexibility index (Phi) is 5.02. The smallest absolute Gasteiger partial charge is 0.176 e. The second kappa shape index (κ2) is 7.20. The van der Waals surface area contributed by atoms with Crippen molar-refractivity contribution in [1.29, 1.82) is 0 Å². The topological polar surface area (TPSA) is 51.5 Å². The van der Waals surface area contributed by atoms with E-state index in [4.69, 9.17) is 9.15 Å². The van der Waals surface area contributed by atoms with Gasteiger partial charge in [-0.25, -0.2) is 0 Å². The molecule has 24 heavy (non-hydrogen) atoms. The fourth-order valence-electron chi connectivity index (χ4n) is 2.60. The minimum absolute atomic E-state index is 0.0714. The highest BCUT2D eigenvalue weighted by Crippen LogP contribution is 2.30. The predicted octanol–water partition coefficient (Wildman–Crippen LogP) is 4.03. The molecule has 1 N–H and O–H groups in total. The van der Waals surface area contributed by atoms with Crippen molar-refractivity contribution in [2.45, 2.75) is 24.4 Å². The lowest BCUT2D eigenvalue weighted by Gasteiger charge is -2.11. The normalized spacial score (nSPS) is 13.8. The second-order valence-electron chi connectivity index (χ2n) is 5.73. The van der Waals surface area contributed by atoms with Gasteiger partial charge in [0.25, 0.3) is 0 Å². The van der Waals surface area contributed by atoms with Crippen LogP contribution in [0.15, 0.2) is 57.8 Å². The summed E-state index contributed by atoms with van der Waals surface area (Å²) in [5.74, 6) is 1.62. The molecule has 0 radical (unpaired) electrons. The van der Waals surface area contributed by atoms with Gasteiger partial charge in [0, 0.05) is 33.9 Å². The van der Waals surface area contributed by atoms with E-state index in [1.54, 1.807) is 13.4 Å². The molecule has 0 unspecified atom stereocenters. The van der Waals surface area contributed by atoms with Crippen LogP contribution in [0.4, 0.5) is 0 Å². The molecule has 0 aliphatic carbocycles. The van der Waals surface area contributed by atoms with Crippen molar-refractivity contribution in [3.8, 4) is 5.75 Å². The fourth-order valence-corrected chi connectivity index (χ4v) is 3.12. The SMILES string of the molecule is COc1cccc2cc([C@H](C)NCc3ccc([S@](C)=O)cc3)oc12. The van der Waals surface area contributed by atoms with E-state index in [-0.39, 0.29) is 6.04 Å². The zero-order chi connectivity index (χ0) is 17.1. The quantitative estimate of drug-likeness (QED) is 0.734. The average Bonchev–Trinajstić information content (AvgIpc) is 3.04. The van der Waals surface area contributed by atoms with E-state index < -0.39 is 10.8 Å². The average molecular weight is 343 g/mol. The maximum atomic E-state index is 11.4. The number of benzene rings is 2. The monoisotopic (exact) mass is 343 g/mol. The fraction of sp³-hybridized carbons (Fsp3) is 0.263. The summed E-state index contributed by atoms with van der Waals surface area (Å²) in [5.41, 5.74) is 1.92. The Morgan fingerprint density at radius 2 is 1.96 bits per heavy atom. The zero-order valence-corrected chi connectivity index (χ0v) is 14.9. The van der Waals surface area contributed by atoms with Gasteiger partial charge in [-0.3, -0.25) is 4.21 Å². The molecular formula is C19H21NO3S. The van der Waals surface area contributed by atoms with Gasteiger partial charge >= 0.3 is 0 Å². The molecule has 0 aliphatic heterocycles. The van der Waals surface area contributed by atoms with Gasteiger partial charge in [-0.15, -0.1) is 0 Å². The molecule has 2 aromatic carbocycles. The Bertz CT molecular complexity index is 855. The number of hydrogen-bond donors (Lipinski definition) is 1. The van der Waals surface area contributed by atoms with E-state index in [2.05, 4.69) is 12.2 Å². The minimum Gasteiger partial charge on any atom is -0.493 e. The molecule has 0 spiro atoms. The standard InChI is InChI=1S/C19H21NO3S/c1-13(20-12-14-7-9-16(10-8-14)24(3)21)18-11-15-5-4-6-17(22-2)19(15)23-18/h4-11,13,20H,12H2,1-3H3/t13-,24-/m0/s1. The van der Waals surface area contributed by atoms with Crippen LogP contribution in [0.1, 0.15) is 24.3 Å². The molecule has 0 bridgehead atoms. The molecule has 0 aliphatic rings. The van der Waals surface area contributed by atoms with Gasteiger partial charge in [0.2, 0.25) is 0 Å². The lowest BCUT2D eigenvalue weighted by atomic mass is 10.2. The van der Waals surface area contributed by atoms with E-state index in [1.807, 2.05) is 48.5 Å². The maximum Gasteiger partial charge on any atom is 0.176 e. The van der Waals surface area contributed by atoms with Crippen LogP contribution < -0.4 is 10.1 Å². The van der Waals surface area contributed by atoms with Crippen LogP contribution >= 0.6 is 0 Å². The van der Waals surface area contributed by atoms with Gasteiger partial charge in [-0.1, -0.05) is 24.3 Å². The Balaban J connectivity index is 1.70. The highest BCUT2D eigenvalue weighted by molar-refractivity contribution is 7.84. The molecule has 3 aromatic rings. The summed E-state index contributed by atoms with van der Waals surface area (Å²) in [7, 11) is 0.705. The number of ether oxygens (including phenoxy) is 1. The van der Waals surface area contributed by atoms with Crippen LogP contribution in [0, 0.1) is 0 Å². The van der Waals surface area contributed by atoms with Crippen molar-refractivity contribution in [2.24, 2.45) is 0 Å². The summed E-state index contributed by atoms with van der Waals surface area (Å²) >= 11 is 0. The van der Waals surface area contributed by atoms with Gasteiger partial charge in [0.05, 0.1) is 13.2 Å². The molecule has 2 atom stereocenters. The van der Waals surface area contributed by atoms with Crippen LogP contribution in [-0.2, 0) is 17.3 Å². The van der Waals surface area contributed by atoms with Gasteiger partial charge < -0.3 is 14.5 Å². The molecule has 1 heterocycles. The molecular weight excluding hydrogens is 322 g/mol. The van der Waals surface area contributed by atoms with E-state index in [9.17, 15) is 4.21 Å². The Labute approximate surface area is 144 Å². The first-order valence-corrected chi connectivity index (χ1v) is 9.36. The number of para-hydroxylation sites is 1. The van der Waals surface area contributed by atoms with Crippen molar-refractivity contribution >= 4 is 21.8 Å². The maximum absolute atomic E-state index is 11.4. The molecule has 3 rings (SSSR count). The van der Waals surface area contributed by atoms with E-state index in [0.717, 1.165) is 32.9 Å². The first-order chi connectivity index (χ1) is 11.6. The summed E-state index contributed by atoms with van der Waals surface area (Å²) in [5, 5.41) is 4.49. The van der Waals surface area contributed by atoms with Gasteiger partial charge in [0.15, 0.2) is 11.3 Å². The summed E-state index contributed by atoms with van der Waals surface area (Å²) in [6.07, 6.45) is 1.69. The van der Waals surface area contributed by atoms with Crippen molar-refractivity contribution in [3.63, 3.8) is 0 Å². The van der Waals surface area contributed by atoms with E-state index in [0.29, 0.717) is 6.54 Å². The largest absolute Gasteiger partial charge is 0.493 e. The van der Waals surface area contributed by atoms with Crippen molar-refractivity contribution in [1.82, 2.24) is 5.32 Å². The number of methoxy groups -OCH3 is 1. The number of hydrogen-bond acceptors (Lipinski definition) is 4. The van der Waals surface area contributed by atoms with Gasteiger partial charge in [0.1, 0.15) is 5.76 Å². The second-order valence-corrected chi connectivity index (χ2v) is 7.11. The lowest BCUT2D eigenvalue weighted by Crippen LogP contribution is -2.17. The lowest BCUT2D eigenvalue weighted by molar-refractivity contribution is 0.399. The number of rotatable bonds is 6. The zero-order valence-electron chi connectivity index (χ0n) is 14.0. The summed E-state index contributed by atoms with van der Waals surface area (Å²) < 4.78 is 22.7. The number of fused-ring (bicyclic) bond motifs is 1. The molecule has 126 valence electrons. The van der Waals surface area contributed by atoms with Crippen molar-refractivity contribution in [3.05, 3.63) is 59.9 Å². The number of furan rings is 1. The van der Waals surface area contributed by atoms with Gasteiger partial charge in [-0.05, 0) is 36.8 Å². The van der Waals surface area contributed by atoms with Crippen molar-refractivity contribution < 1.29 is 13.4 Å². The van der Waals surface area contributed by atoms with Crippen LogP contribution in [0.2, 0.25) is 0 Å². The Hall–Kier alpha value is -2.11. The summed E-state index contributed by atoms with van der Waals surface area (Å²) in [4.78, 5) is 0.844.